The van der Waals surface area contributed by atoms with E-state index >= 15 is 0 Å². The molecule has 21 heavy (non-hydrogen) atoms. The number of aliphatic hydroxyl groups is 1. The van der Waals surface area contributed by atoms with Crippen LogP contribution in [0.5, 0.6) is 0 Å². The van der Waals surface area contributed by atoms with E-state index in [4.69, 9.17) is 5.11 Å². The molecule has 1 saturated carbocycles. The summed E-state index contributed by atoms with van der Waals surface area (Å²) < 4.78 is 27.5. The van der Waals surface area contributed by atoms with E-state index in [1.54, 1.807) is 28.6 Å². The second-order valence-electron chi connectivity index (χ2n) is 6.21. The van der Waals surface area contributed by atoms with Crippen LogP contribution in [0.1, 0.15) is 45.1 Å². The molecule has 5 heteroatoms. The minimum absolute atomic E-state index is 0.0708. The van der Waals surface area contributed by atoms with Gasteiger partial charge in [0.15, 0.2) is 0 Å². The molecule has 118 valence electrons. The van der Waals surface area contributed by atoms with Gasteiger partial charge in [-0.25, -0.2) is 8.42 Å². The molecule has 2 rings (SSSR count). The number of hydrogen-bond donors (Lipinski definition) is 1. The van der Waals surface area contributed by atoms with Crippen LogP contribution in [0.3, 0.4) is 0 Å². The van der Waals surface area contributed by atoms with Gasteiger partial charge < -0.3 is 5.11 Å². The molecule has 1 aliphatic carbocycles. The van der Waals surface area contributed by atoms with Gasteiger partial charge >= 0.3 is 0 Å². The molecular weight excluding hydrogens is 286 g/mol. The van der Waals surface area contributed by atoms with Crippen molar-refractivity contribution >= 4 is 10.0 Å². The molecule has 0 heterocycles. The third kappa shape index (κ3) is 3.84. The van der Waals surface area contributed by atoms with Gasteiger partial charge in [-0.2, -0.15) is 4.31 Å². The summed E-state index contributed by atoms with van der Waals surface area (Å²) in [6.07, 6.45) is 4.14. The Bertz CT molecular complexity index is 545. The highest BCUT2D eigenvalue weighted by molar-refractivity contribution is 7.89. The highest BCUT2D eigenvalue weighted by Gasteiger charge is 2.33. The van der Waals surface area contributed by atoms with Crippen molar-refractivity contribution < 1.29 is 13.5 Å². The Labute approximate surface area is 127 Å². The average molecular weight is 311 g/mol. The Morgan fingerprint density at radius 1 is 1.19 bits per heavy atom. The van der Waals surface area contributed by atoms with Crippen LogP contribution in [0, 0.1) is 5.92 Å². The predicted octanol–water partition coefficient (Wildman–Crippen LogP) is 2.77. The zero-order valence-electron chi connectivity index (χ0n) is 12.8. The maximum Gasteiger partial charge on any atom is 0.243 e. The van der Waals surface area contributed by atoms with Crippen LogP contribution in [-0.2, 0) is 16.6 Å². The largest absolute Gasteiger partial charge is 0.392 e. The molecule has 0 atom stereocenters. The number of rotatable bonds is 6. The Morgan fingerprint density at radius 3 is 2.24 bits per heavy atom. The molecule has 1 aromatic carbocycles. The predicted molar refractivity (Wildman–Crippen MR) is 83.4 cm³/mol. The Balaban J connectivity index is 2.30. The Hall–Kier alpha value is -0.910. The molecule has 0 aliphatic heterocycles. The van der Waals surface area contributed by atoms with Crippen LogP contribution in [-0.4, -0.2) is 30.4 Å². The SMILES string of the molecule is CC(C)CN(C1CCCC1)S(=O)(=O)c1ccc(CO)cc1. The van der Waals surface area contributed by atoms with Gasteiger partial charge in [-0.3, -0.25) is 0 Å². The van der Waals surface area contributed by atoms with Crippen molar-refractivity contribution in [2.75, 3.05) is 6.54 Å². The second kappa shape index (κ2) is 6.90. The third-order valence-electron chi connectivity index (χ3n) is 3.99. The fourth-order valence-corrected chi connectivity index (χ4v) is 4.75. The van der Waals surface area contributed by atoms with Gasteiger partial charge in [0.2, 0.25) is 10.0 Å². The van der Waals surface area contributed by atoms with Crippen LogP contribution < -0.4 is 0 Å². The lowest BCUT2D eigenvalue weighted by molar-refractivity contribution is 0.281. The summed E-state index contributed by atoms with van der Waals surface area (Å²) in [6.45, 7) is 4.59. The van der Waals surface area contributed by atoms with E-state index in [0.29, 0.717) is 17.4 Å². The van der Waals surface area contributed by atoms with Crippen LogP contribution in [0.4, 0.5) is 0 Å². The van der Waals surface area contributed by atoms with Crippen molar-refractivity contribution in [2.45, 2.75) is 57.1 Å². The quantitative estimate of drug-likeness (QED) is 0.879. The fourth-order valence-electron chi connectivity index (χ4n) is 2.90. The van der Waals surface area contributed by atoms with Crippen LogP contribution in [0.15, 0.2) is 29.2 Å². The van der Waals surface area contributed by atoms with E-state index in [-0.39, 0.29) is 12.6 Å². The Kier molecular flexibility index (Phi) is 5.41. The molecule has 0 radical (unpaired) electrons. The van der Waals surface area contributed by atoms with E-state index in [2.05, 4.69) is 0 Å². The minimum atomic E-state index is -3.45. The van der Waals surface area contributed by atoms with Crippen molar-refractivity contribution in [1.29, 1.82) is 0 Å². The topological polar surface area (TPSA) is 57.6 Å². The molecule has 1 N–H and O–H groups in total. The van der Waals surface area contributed by atoms with Gasteiger partial charge in [0.1, 0.15) is 0 Å². The lowest BCUT2D eigenvalue weighted by Gasteiger charge is -2.29. The summed E-state index contributed by atoms with van der Waals surface area (Å²) in [5.74, 6) is 0.303. The van der Waals surface area contributed by atoms with Crippen molar-refractivity contribution in [3.05, 3.63) is 29.8 Å². The highest BCUT2D eigenvalue weighted by Crippen LogP contribution is 2.29. The fraction of sp³-hybridized carbons (Fsp3) is 0.625. The normalized spacial score (nSPS) is 17.0. The summed E-state index contributed by atoms with van der Waals surface area (Å²) in [5, 5.41) is 9.07. The molecule has 0 amide bonds. The lowest BCUT2D eigenvalue weighted by atomic mass is 10.2. The van der Waals surface area contributed by atoms with Crippen molar-refractivity contribution in [3.8, 4) is 0 Å². The van der Waals surface area contributed by atoms with Gasteiger partial charge in [-0.05, 0) is 36.5 Å². The summed E-state index contributed by atoms with van der Waals surface area (Å²) in [7, 11) is -3.45. The molecule has 1 fully saturated rings. The Morgan fingerprint density at radius 2 is 1.76 bits per heavy atom. The molecule has 0 bridgehead atoms. The van der Waals surface area contributed by atoms with E-state index in [0.717, 1.165) is 31.2 Å². The third-order valence-corrected chi connectivity index (χ3v) is 5.92. The van der Waals surface area contributed by atoms with Crippen molar-refractivity contribution in [3.63, 3.8) is 0 Å². The van der Waals surface area contributed by atoms with Gasteiger partial charge in [0, 0.05) is 12.6 Å². The van der Waals surface area contributed by atoms with Gasteiger partial charge in [-0.15, -0.1) is 0 Å². The second-order valence-corrected chi connectivity index (χ2v) is 8.10. The number of benzene rings is 1. The molecule has 0 spiro atoms. The van der Waals surface area contributed by atoms with E-state index in [1.165, 1.54) is 0 Å². The number of sulfonamides is 1. The summed E-state index contributed by atoms with van der Waals surface area (Å²) in [4.78, 5) is 0.326. The first-order valence-corrected chi connectivity index (χ1v) is 9.11. The van der Waals surface area contributed by atoms with Gasteiger partial charge in [0.05, 0.1) is 11.5 Å². The number of hydrogen-bond acceptors (Lipinski definition) is 3. The van der Waals surface area contributed by atoms with Gasteiger partial charge in [0.25, 0.3) is 0 Å². The van der Waals surface area contributed by atoms with Crippen LogP contribution >= 0.6 is 0 Å². The summed E-state index contributed by atoms with van der Waals surface area (Å²) in [5.41, 5.74) is 0.727. The first kappa shape index (κ1) is 16.5. The van der Waals surface area contributed by atoms with Crippen molar-refractivity contribution in [1.82, 2.24) is 4.31 Å². The maximum absolute atomic E-state index is 12.9. The first-order valence-electron chi connectivity index (χ1n) is 7.67. The van der Waals surface area contributed by atoms with Gasteiger partial charge in [-0.1, -0.05) is 38.8 Å². The number of aliphatic hydroxyl groups excluding tert-OH is 1. The first-order chi connectivity index (χ1) is 9.95. The summed E-state index contributed by atoms with van der Waals surface area (Å²) in [6, 6.07) is 6.69. The molecular formula is C16H25NO3S. The van der Waals surface area contributed by atoms with E-state index < -0.39 is 10.0 Å². The monoisotopic (exact) mass is 311 g/mol. The molecule has 0 unspecified atom stereocenters. The maximum atomic E-state index is 12.9. The zero-order valence-corrected chi connectivity index (χ0v) is 13.6. The summed E-state index contributed by atoms with van der Waals surface area (Å²) >= 11 is 0. The standard InChI is InChI=1S/C16H25NO3S/c1-13(2)11-17(15-5-3-4-6-15)21(19,20)16-9-7-14(12-18)8-10-16/h7-10,13,15,18H,3-6,11-12H2,1-2H3. The molecule has 4 nitrogen and oxygen atoms in total. The molecule has 0 saturated heterocycles. The van der Waals surface area contributed by atoms with Crippen molar-refractivity contribution in [2.24, 2.45) is 5.92 Å². The molecule has 1 aromatic rings. The zero-order chi connectivity index (χ0) is 15.5. The molecule has 0 aromatic heterocycles. The smallest absolute Gasteiger partial charge is 0.243 e. The molecule has 1 aliphatic rings. The number of nitrogens with zero attached hydrogens (tertiary/aromatic N) is 1. The lowest BCUT2D eigenvalue weighted by Crippen LogP contribution is -2.41. The average Bonchev–Trinajstić information content (AvgIpc) is 2.98. The minimum Gasteiger partial charge on any atom is -0.392 e. The van der Waals surface area contributed by atoms with E-state index in [1.807, 2.05) is 13.8 Å². The van der Waals surface area contributed by atoms with Crippen LogP contribution in [0.25, 0.3) is 0 Å². The highest BCUT2D eigenvalue weighted by atomic mass is 32.2. The van der Waals surface area contributed by atoms with Crippen LogP contribution in [0.2, 0.25) is 0 Å². The van der Waals surface area contributed by atoms with E-state index in [9.17, 15) is 8.42 Å².